The van der Waals surface area contributed by atoms with Crippen LogP contribution in [-0.2, 0) is 10.0 Å². The van der Waals surface area contributed by atoms with Gasteiger partial charge >= 0.3 is 0 Å². The zero-order valence-electron chi connectivity index (χ0n) is 15.5. The topological polar surface area (TPSA) is 94.0 Å². The van der Waals surface area contributed by atoms with Gasteiger partial charge in [-0.2, -0.15) is 4.98 Å². The molecular formula is C20H14F2N4O3S. The van der Waals surface area contributed by atoms with Crippen LogP contribution in [0.4, 0.5) is 14.7 Å². The van der Waals surface area contributed by atoms with Gasteiger partial charge in [-0.05, 0) is 30.3 Å². The summed E-state index contributed by atoms with van der Waals surface area (Å²) in [5.41, 5.74) is -0.644. The van der Waals surface area contributed by atoms with Gasteiger partial charge in [-0.3, -0.25) is 14.1 Å². The summed E-state index contributed by atoms with van der Waals surface area (Å²) in [6.07, 6.45) is 0.901. The van der Waals surface area contributed by atoms with E-state index in [0.717, 1.165) is 10.8 Å². The fraction of sp³-hybridized carbons (Fsp3) is 0.0500. The lowest BCUT2D eigenvalue weighted by molar-refractivity contribution is 0.606. The van der Waals surface area contributed by atoms with Gasteiger partial charge in [0.25, 0.3) is 5.56 Å². The van der Waals surface area contributed by atoms with Crippen LogP contribution in [0.1, 0.15) is 0 Å². The Morgan fingerprint density at radius 2 is 1.57 bits per heavy atom. The van der Waals surface area contributed by atoms with Crippen LogP contribution in [0.5, 0.6) is 0 Å². The van der Waals surface area contributed by atoms with Gasteiger partial charge in [-0.25, -0.2) is 22.2 Å². The average molecular weight is 428 g/mol. The van der Waals surface area contributed by atoms with Gasteiger partial charge in [0.15, 0.2) is 5.65 Å². The van der Waals surface area contributed by atoms with E-state index in [-0.39, 0.29) is 33.9 Å². The second kappa shape index (κ2) is 7.30. The Hall–Kier alpha value is -3.66. The number of nitrogens with zero attached hydrogens (tertiary/aromatic N) is 3. The lowest BCUT2D eigenvalue weighted by atomic mass is 10.1. The number of fused-ring (bicyclic) bond motifs is 1. The Morgan fingerprint density at radius 3 is 2.23 bits per heavy atom. The van der Waals surface area contributed by atoms with E-state index in [4.69, 9.17) is 0 Å². The largest absolute Gasteiger partial charge is 0.269 e. The minimum Gasteiger partial charge on any atom is -0.269 e. The average Bonchev–Trinajstić information content (AvgIpc) is 2.67. The number of anilines is 1. The van der Waals surface area contributed by atoms with Gasteiger partial charge in [0.05, 0.1) is 17.6 Å². The van der Waals surface area contributed by atoms with Crippen molar-refractivity contribution < 1.29 is 17.2 Å². The number of sulfonamides is 1. The molecule has 0 amide bonds. The van der Waals surface area contributed by atoms with Crippen molar-refractivity contribution in [1.82, 2.24) is 14.5 Å². The molecule has 0 saturated carbocycles. The monoisotopic (exact) mass is 428 g/mol. The van der Waals surface area contributed by atoms with Gasteiger partial charge in [-0.15, -0.1) is 0 Å². The van der Waals surface area contributed by atoms with Crippen LogP contribution < -0.4 is 10.3 Å². The first-order valence-electron chi connectivity index (χ1n) is 8.66. The van der Waals surface area contributed by atoms with Crippen LogP contribution in [0.2, 0.25) is 0 Å². The van der Waals surface area contributed by atoms with Crippen molar-refractivity contribution in [2.24, 2.45) is 0 Å². The van der Waals surface area contributed by atoms with Gasteiger partial charge in [0.1, 0.15) is 11.6 Å². The molecule has 0 aliphatic rings. The standard InChI is InChI=1S/C20H14F2N4O3S/c1-30(28,29)25-20-23-18(12-6-2-3-7-14(12)21)13-10-11-17(27)26(19(13)24-20)16-9-5-4-8-15(16)22/h2-11H,1H3,(H,23,24,25). The van der Waals surface area contributed by atoms with Crippen molar-refractivity contribution >= 4 is 27.0 Å². The molecule has 0 saturated heterocycles. The molecule has 0 aliphatic heterocycles. The minimum absolute atomic E-state index is 0.0503. The minimum atomic E-state index is -3.78. The second-order valence-corrected chi connectivity index (χ2v) is 8.19. The quantitative estimate of drug-likeness (QED) is 0.539. The maximum absolute atomic E-state index is 14.5. The molecule has 0 fully saturated rings. The fourth-order valence-electron chi connectivity index (χ4n) is 3.05. The van der Waals surface area contributed by atoms with Crippen molar-refractivity contribution in [3.8, 4) is 16.9 Å². The van der Waals surface area contributed by atoms with Crippen LogP contribution in [0.15, 0.2) is 65.5 Å². The molecule has 10 heteroatoms. The molecule has 152 valence electrons. The number of nitrogens with one attached hydrogen (secondary N) is 1. The zero-order chi connectivity index (χ0) is 21.5. The summed E-state index contributed by atoms with van der Waals surface area (Å²) in [7, 11) is -3.78. The van der Waals surface area contributed by atoms with E-state index in [9.17, 15) is 22.0 Å². The molecule has 4 aromatic rings. The first-order valence-corrected chi connectivity index (χ1v) is 10.5. The Kier molecular flexibility index (Phi) is 4.78. The summed E-state index contributed by atoms with van der Waals surface area (Å²) >= 11 is 0. The third-order valence-electron chi connectivity index (χ3n) is 4.25. The number of pyridine rings is 1. The van der Waals surface area contributed by atoms with Crippen molar-refractivity contribution in [3.05, 3.63) is 82.7 Å². The molecule has 0 bridgehead atoms. The summed E-state index contributed by atoms with van der Waals surface area (Å²) in [6, 6.07) is 13.9. The highest BCUT2D eigenvalue weighted by molar-refractivity contribution is 7.91. The summed E-state index contributed by atoms with van der Waals surface area (Å²) in [5, 5.41) is 0.238. The maximum atomic E-state index is 14.5. The zero-order valence-corrected chi connectivity index (χ0v) is 16.3. The number of aromatic nitrogens is 3. The van der Waals surface area contributed by atoms with Gasteiger partial charge in [0, 0.05) is 17.0 Å². The van der Waals surface area contributed by atoms with Crippen LogP contribution in [0.3, 0.4) is 0 Å². The highest BCUT2D eigenvalue weighted by Gasteiger charge is 2.19. The molecular weight excluding hydrogens is 414 g/mol. The highest BCUT2D eigenvalue weighted by Crippen LogP contribution is 2.30. The smallest absolute Gasteiger partial charge is 0.256 e. The van der Waals surface area contributed by atoms with Crippen molar-refractivity contribution in [1.29, 1.82) is 0 Å². The predicted molar refractivity (Wildman–Crippen MR) is 109 cm³/mol. The van der Waals surface area contributed by atoms with E-state index in [1.165, 1.54) is 54.6 Å². The number of hydrogen-bond donors (Lipinski definition) is 1. The summed E-state index contributed by atoms with van der Waals surface area (Å²) in [6.45, 7) is 0. The fourth-order valence-corrected chi connectivity index (χ4v) is 3.47. The predicted octanol–water partition coefficient (Wildman–Crippen LogP) is 3.10. The maximum Gasteiger partial charge on any atom is 0.256 e. The first-order chi connectivity index (χ1) is 14.2. The van der Waals surface area contributed by atoms with Crippen molar-refractivity contribution in [2.75, 3.05) is 11.0 Å². The Bertz CT molecular complexity index is 1450. The lowest BCUT2D eigenvalue weighted by Gasteiger charge is -2.14. The summed E-state index contributed by atoms with van der Waals surface area (Å²) in [5.74, 6) is -1.67. The third-order valence-corrected chi connectivity index (χ3v) is 4.80. The van der Waals surface area contributed by atoms with Crippen LogP contribution >= 0.6 is 0 Å². The number of rotatable bonds is 4. The van der Waals surface area contributed by atoms with Crippen LogP contribution in [0, 0.1) is 11.6 Å². The second-order valence-electron chi connectivity index (χ2n) is 6.45. The molecule has 0 spiro atoms. The molecule has 0 atom stereocenters. The summed E-state index contributed by atoms with van der Waals surface area (Å²) < 4.78 is 55.6. The lowest BCUT2D eigenvalue weighted by Crippen LogP contribution is -2.21. The third kappa shape index (κ3) is 3.64. The number of para-hydroxylation sites is 1. The molecule has 0 unspecified atom stereocenters. The molecule has 2 aromatic heterocycles. The SMILES string of the molecule is CS(=O)(=O)Nc1nc(-c2ccccc2F)c2ccc(=O)n(-c3ccccc3F)c2n1. The van der Waals surface area contributed by atoms with Crippen molar-refractivity contribution in [2.45, 2.75) is 0 Å². The molecule has 4 rings (SSSR count). The van der Waals surface area contributed by atoms with Gasteiger partial charge in [0.2, 0.25) is 16.0 Å². The van der Waals surface area contributed by atoms with Crippen molar-refractivity contribution in [3.63, 3.8) is 0 Å². The first kappa shape index (κ1) is 19.6. The Labute approximate surface area is 169 Å². The van der Waals surface area contributed by atoms with Crippen LogP contribution in [-0.4, -0.2) is 29.2 Å². The van der Waals surface area contributed by atoms with E-state index in [1.807, 2.05) is 0 Å². The van der Waals surface area contributed by atoms with Gasteiger partial charge < -0.3 is 0 Å². The van der Waals surface area contributed by atoms with E-state index >= 15 is 0 Å². The molecule has 2 heterocycles. The Morgan fingerprint density at radius 1 is 0.900 bits per heavy atom. The van der Waals surface area contributed by atoms with E-state index in [1.54, 1.807) is 6.07 Å². The van der Waals surface area contributed by atoms with E-state index in [2.05, 4.69) is 14.7 Å². The molecule has 1 N–H and O–H groups in total. The number of hydrogen-bond acceptors (Lipinski definition) is 5. The molecule has 30 heavy (non-hydrogen) atoms. The van der Waals surface area contributed by atoms with E-state index < -0.39 is 27.2 Å². The molecule has 7 nitrogen and oxygen atoms in total. The highest BCUT2D eigenvalue weighted by atomic mass is 32.2. The molecule has 2 aromatic carbocycles. The van der Waals surface area contributed by atoms with Gasteiger partial charge in [-0.1, -0.05) is 24.3 Å². The van der Waals surface area contributed by atoms with Crippen LogP contribution in [0.25, 0.3) is 28.0 Å². The number of benzene rings is 2. The van der Waals surface area contributed by atoms with E-state index in [0.29, 0.717) is 0 Å². The molecule has 0 aliphatic carbocycles. The summed E-state index contributed by atoms with van der Waals surface area (Å²) in [4.78, 5) is 20.9. The number of halogens is 2. The normalized spacial score (nSPS) is 11.6. The molecule has 0 radical (unpaired) electrons. The Balaban J connectivity index is 2.15.